The number of nitrogens with one attached hydrogen (secondary N) is 1. The first-order valence-corrected chi connectivity index (χ1v) is 12.3. The Labute approximate surface area is 215 Å². The lowest BCUT2D eigenvalue weighted by atomic mass is 9.61. The highest BCUT2D eigenvalue weighted by atomic mass is 35.5. The second-order valence-electron chi connectivity index (χ2n) is 10.3. The number of aromatic nitrogens is 2. The third kappa shape index (κ3) is 2.87. The number of nitrogens with zero attached hydrogens (tertiary/aromatic N) is 3. The number of hydrogen-bond donors (Lipinski definition) is 2. The maximum Gasteiger partial charge on any atom is 0.282 e. The van der Waals surface area contributed by atoms with Gasteiger partial charge in [0.2, 0.25) is 5.82 Å². The summed E-state index contributed by atoms with van der Waals surface area (Å²) in [4.78, 5) is 17.2. The summed E-state index contributed by atoms with van der Waals surface area (Å²) in [5.74, 6) is 1.59. The van der Waals surface area contributed by atoms with E-state index in [0.29, 0.717) is 18.3 Å². The van der Waals surface area contributed by atoms with Crippen molar-refractivity contribution in [3.05, 3.63) is 82.9 Å². The third-order valence-electron chi connectivity index (χ3n) is 8.92. The number of rotatable bonds is 4. The van der Waals surface area contributed by atoms with E-state index in [9.17, 15) is 9.90 Å². The molecule has 1 aromatic heterocycles. The number of allylic oxidation sites excluding steroid dienone is 2. The summed E-state index contributed by atoms with van der Waals surface area (Å²) in [6.07, 6.45) is 5.02. The summed E-state index contributed by atoms with van der Waals surface area (Å²) in [7, 11) is 0. The van der Waals surface area contributed by atoms with Crippen LogP contribution in [0.2, 0.25) is 0 Å². The number of fused-ring (bicyclic) bond motifs is 2. The lowest BCUT2D eigenvalue weighted by Gasteiger charge is -2.52. The number of carbonyl (C=O) groups excluding carboxylic acids is 1. The molecule has 4 atom stereocenters. The number of piperidine rings is 1. The molecule has 2 N–H and O–H groups in total. The van der Waals surface area contributed by atoms with Crippen molar-refractivity contribution >= 4 is 12.0 Å². The lowest BCUT2D eigenvalue weighted by molar-refractivity contribution is -0.955. The van der Waals surface area contributed by atoms with Crippen molar-refractivity contribution in [3.63, 3.8) is 0 Å². The second-order valence-corrected chi connectivity index (χ2v) is 10.3. The Morgan fingerprint density at radius 1 is 1.22 bits per heavy atom. The van der Waals surface area contributed by atoms with Gasteiger partial charge in [-0.05, 0) is 24.1 Å². The summed E-state index contributed by atoms with van der Waals surface area (Å²) in [5, 5.41) is 18.5. The van der Waals surface area contributed by atoms with Gasteiger partial charge in [-0.1, -0.05) is 53.7 Å². The Bertz CT molecular complexity index is 1430. The number of aldehydes is 1. The first-order chi connectivity index (χ1) is 17.1. The molecule has 0 amide bonds. The predicted molar refractivity (Wildman–Crippen MR) is 130 cm³/mol. The van der Waals surface area contributed by atoms with Crippen molar-refractivity contribution in [2.75, 3.05) is 18.4 Å². The van der Waals surface area contributed by atoms with E-state index < -0.39 is 0 Å². The van der Waals surface area contributed by atoms with E-state index >= 15 is 0 Å². The minimum Gasteiger partial charge on any atom is -1.00 e. The van der Waals surface area contributed by atoms with Crippen LogP contribution in [0.25, 0.3) is 11.4 Å². The Morgan fingerprint density at radius 2 is 2.06 bits per heavy atom. The molecule has 2 bridgehead atoms. The highest BCUT2D eigenvalue weighted by molar-refractivity contribution is 5.86. The molecule has 2 fully saturated rings. The van der Waals surface area contributed by atoms with Gasteiger partial charge < -0.3 is 31.8 Å². The first-order valence-electron chi connectivity index (χ1n) is 12.3. The van der Waals surface area contributed by atoms with Gasteiger partial charge in [0.25, 0.3) is 5.89 Å². The normalized spacial score (nSPS) is 30.4. The molecule has 0 saturated carbocycles. The van der Waals surface area contributed by atoms with Crippen LogP contribution in [0.15, 0.2) is 76.0 Å². The number of hydrogen-bond acceptors (Lipinski definition) is 6. The number of aromatic hydroxyl groups is 1. The molecule has 0 radical (unpaired) electrons. The molecule has 184 valence electrons. The number of carbonyl (C=O) groups is 1. The molecule has 8 heteroatoms. The van der Waals surface area contributed by atoms with Crippen LogP contribution in [0.3, 0.4) is 0 Å². The van der Waals surface area contributed by atoms with Crippen LogP contribution in [0.1, 0.15) is 31.2 Å². The van der Waals surface area contributed by atoms with E-state index in [4.69, 9.17) is 9.51 Å². The summed E-state index contributed by atoms with van der Waals surface area (Å²) in [6.45, 7) is 4.51. The number of phenols is 1. The lowest BCUT2D eigenvalue weighted by Crippen LogP contribution is -3.00. The Kier molecular flexibility index (Phi) is 5.14. The van der Waals surface area contributed by atoms with Gasteiger partial charge in [0.15, 0.2) is 6.54 Å². The van der Waals surface area contributed by atoms with Gasteiger partial charge in [-0.25, -0.2) is 0 Å². The molecule has 3 aliphatic heterocycles. The van der Waals surface area contributed by atoms with Gasteiger partial charge in [0, 0.05) is 35.6 Å². The predicted octanol–water partition coefficient (Wildman–Crippen LogP) is 1.33. The fourth-order valence-electron chi connectivity index (χ4n) is 7.47. The summed E-state index contributed by atoms with van der Waals surface area (Å²) in [6, 6.07) is 15.9. The molecule has 3 aromatic rings. The quantitative estimate of drug-likeness (QED) is 0.242. The molecule has 2 aromatic carbocycles. The minimum atomic E-state index is -0.317. The Morgan fingerprint density at radius 3 is 2.83 bits per heavy atom. The zero-order chi connectivity index (χ0) is 23.8. The minimum absolute atomic E-state index is 0. The van der Waals surface area contributed by atoms with Crippen LogP contribution < -0.4 is 17.7 Å². The van der Waals surface area contributed by atoms with Gasteiger partial charge in [-0.3, -0.25) is 4.79 Å². The standard InChI is InChI=1S/C28H26N4O3.ClH/c1-2-17-14-32(15-24-29-27(31-35-24)18-7-4-3-5-8-18)12-11-28-21-9-6-10-22(34)25(21)30-26(28)20(16-33)19(17)13-23(28)32;/h2-10,16,19,23H,11-15H2,1H3,(H-,30,33,34);1H/b17-2-;/t19-,23?,28+,32?;/m0./s1. The van der Waals surface area contributed by atoms with E-state index in [-0.39, 0.29) is 35.5 Å². The van der Waals surface area contributed by atoms with Gasteiger partial charge >= 0.3 is 0 Å². The van der Waals surface area contributed by atoms with Crippen LogP contribution in [0, 0.1) is 5.92 Å². The van der Waals surface area contributed by atoms with Crippen LogP contribution in [-0.4, -0.2) is 45.1 Å². The molecule has 2 saturated heterocycles. The molecule has 1 aliphatic carbocycles. The largest absolute Gasteiger partial charge is 1.00 e. The number of quaternary nitrogens is 1. The van der Waals surface area contributed by atoms with Crippen LogP contribution >= 0.6 is 0 Å². The van der Waals surface area contributed by atoms with E-state index in [1.54, 1.807) is 6.07 Å². The van der Waals surface area contributed by atoms with Gasteiger partial charge in [0.1, 0.15) is 24.6 Å². The molecular weight excluding hydrogens is 476 g/mol. The highest BCUT2D eigenvalue weighted by Crippen LogP contribution is 2.64. The number of halogens is 1. The third-order valence-corrected chi connectivity index (χ3v) is 8.92. The number of anilines is 1. The zero-order valence-electron chi connectivity index (χ0n) is 19.9. The van der Waals surface area contributed by atoms with Crippen molar-refractivity contribution in [1.82, 2.24) is 10.1 Å². The average Bonchev–Trinajstić information content (AvgIpc) is 3.58. The van der Waals surface area contributed by atoms with Crippen molar-refractivity contribution in [3.8, 4) is 17.1 Å². The SMILES string of the molecule is C/C=C1/C[N+]2(Cc3nc(-c4ccccc4)no3)CC[C@]34C(=C(C=O)[C@H]1CC32)Nc1c(O)cccc14.[Cl-]. The summed E-state index contributed by atoms with van der Waals surface area (Å²) < 4.78 is 6.61. The molecule has 7 nitrogen and oxygen atoms in total. The summed E-state index contributed by atoms with van der Waals surface area (Å²) in [5.41, 5.74) is 5.60. The smallest absolute Gasteiger partial charge is 0.282 e. The van der Waals surface area contributed by atoms with Gasteiger partial charge in [-0.2, -0.15) is 4.98 Å². The van der Waals surface area contributed by atoms with Crippen molar-refractivity contribution in [2.45, 2.75) is 37.8 Å². The van der Waals surface area contributed by atoms with Crippen LogP contribution in [-0.2, 0) is 16.8 Å². The average molecular weight is 503 g/mol. The van der Waals surface area contributed by atoms with Crippen LogP contribution in [0.5, 0.6) is 5.75 Å². The summed E-state index contributed by atoms with van der Waals surface area (Å²) >= 11 is 0. The molecular formula is C28H27ClN4O3. The van der Waals surface area contributed by atoms with E-state index in [2.05, 4.69) is 29.5 Å². The van der Waals surface area contributed by atoms with Crippen LogP contribution in [0.4, 0.5) is 5.69 Å². The molecule has 4 aliphatic rings. The molecule has 1 spiro atoms. The second kappa shape index (κ2) is 8.05. The van der Waals surface area contributed by atoms with Crippen molar-refractivity contribution in [2.24, 2.45) is 5.92 Å². The zero-order valence-corrected chi connectivity index (χ0v) is 20.7. The topological polar surface area (TPSA) is 88.2 Å². The van der Waals surface area contributed by atoms with Gasteiger partial charge in [-0.15, -0.1) is 0 Å². The fraction of sp³-hybridized carbons (Fsp3) is 0.321. The maximum absolute atomic E-state index is 12.5. The Hall–Kier alpha value is -3.42. The number of benzene rings is 2. The fourth-order valence-corrected chi connectivity index (χ4v) is 7.47. The maximum atomic E-state index is 12.5. The number of para-hydroxylation sites is 1. The van der Waals surface area contributed by atoms with E-state index in [1.165, 1.54) is 5.57 Å². The molecule has 2 unspecified atom stereocenters. The van der Waals surface area contributed by atoms with E-state index in [0.717, 1.165) is 64.8 Å². The van der Waals surface area contributed by atoms with E-state index in [1.807, 2.05) is 36.4 Å². The van der Waals surface area contributed by atoms with Gasteiger partial charge in [0.05, 0.1) is 17.6 Å². The molecule has 36 heavy (non-hydrogen) atoms. The molecule has 7 rings (SSSR count). The molecule has 4 heterocycles. The highest BCUT2D eigenvalue weighted by Gasteiger charge is 2.69. The Balaban J connectivity index is 0.00000240. The monoisotopic (exact) mass is 502 g/mol. The number of phenolic OH excluding ortho intramolecular Hbond substituents is 1. The van der Waals surface area contributed by atoms with Crippen molar-refractivity contribution < 1.29 is 31.3 Å². The first kappa shape index (κ1) is 23.0. The van der Waals surface area contributed by atoms with Crippen molar-refractivity contribution in [1.29, 1.82) is 0 Å².